The molecule has 1 fully saturated rings. The van der Waals surface area contributed by atoms with E-state index in [0.717, 1.165) is 11.6 Å². The van der Waals surface area contributed by atoms with Gasteiger partial charge in [-0.1, -0.05) is 36.4 Å². The van der Waals surface area contributed by atoms with E-state index in [9.17, 15) is 18.8 Å². The summed E-state index contributed by atoms with van der Waals surface area (Å²) >= 11 is 0. The minimum absolute atomic E-state index is 0.0177. The van der Waals surface area contributed by atoms with E-state index < -0.39 is 23.1 Å². The minimum atomic E-state index is -1.20. The molecular formula is C25H21FN2O5. The predicted molar refractivity (Wildman–Crippen MR) is 116 cm³/mol. The first-order chi connectivity index (χ1) is 15.9. The van der Waals surface area contributed by atoms with Crippen LogP contribution in [0.5, 0.6) is 11.5 Å². The van der Waals surface area contributed by atoms with Crippen LogP contribution in [-0.4, -0.2) is 22.6 Å². The molecule has 0 aliphatic heterocycles. The zero-order valence-corrected chi connectivity index (χ0v) is 17.6. The molecule has 0 bridgehead atoms. The second-order valence-electron chi connectivity index (χ2n) is 7.84. The lowest BCUT2D eigenvalue weighted by atomic mass is 9.95. The van der Waals surface area contributed by atoms with Gasteiger partial charge >= 0.3 is 5.97 Å². The molecular weight excluding hydrogens is 427 g/mol. The van der Waals surface area contributed by atoms with Crippen LogP contribution in [0.4, 0.5) is 4.39 Å². The first kappa shape index (κ1) is 22.1. The molecule has 1 amide bonds. The topological polar surface area (TPSA) is 109 Å². The number of hydrogen-bond donors (Lipinski definition) is 1. The van der Waals surface area contributed by atoms with Gasteiger partial charge in [0.15, 0.2) is 5.78 Å². The van der Waals surface area contributed by atoms with Gasteiger partial charge in [0, 0.05) is 24.8 Å². The smallest absolute Gasteiger partial charge is 0.319 e. The molecule has 1 heterocycles. The molecule has 1 aliphatic rings. The summed E-state index contributed by atoms with van der Waals surface area (Å²) in [6.07, 6.45) is 1.91. The Morgan fingerprint density at radius 1 is 1.00 bits per heavy atom. The van der Waals surface area contributed by atoms with Crippen molar-refractivity contribution in [2.75, 3.05) is 0 Å². The van der Waals surface area contributed by atoms with Crippen LogP contribution in [0.15, 0.2) is 66.9 Å². The molecule has 1 aromatic heterocycles. The molecule has 8 heteroatoms. The Hall–Kier alpha value is -4.07. The Bertz CT molecular complexity index is 1210. The molecule has 0 unspecified atom stereocenters. The van der Waals surface area contributed by atoms with E-state index in [1.54, 1.807) is 0 Å². The fourth-order valence-corrected chi connectivity index (χ4v) is 3.41. The number of hydrogen-bond acceptors (Lipinski definition) is 6. The molecule has 1 saturated carbocycles. The number of ether oxygens (including phenoxy) is 2. The van der Waals surface area contributed by atoms with E-state index in [1.165, 1.54) is 30.5 Å². The third-order valence-electron chi connectivity index (χ3n) is 5.48. The van der Waals surface area contributed by atoms with Crippen LogP contribution in [0.1, 0.15) is 34.5 Å². The lowest BCUT2D eigenvalue weighted by Crippen LogP contribution is -2.29. The van der Waals surface area contributed by atoms with Crippen molar-refractivity contribution in [1.29, 1.82) is 0 Å². The summed E-state index contributed by atoms with van der Waals surface area (Å²) in [5, 5.41) is 0. The van der Waals surface area contributed by atoms with Gasteiger partial charge in [0.1, 0.15) is 35.0 Å². The third-order valence-corrected chi connectivity index (χ3v) is 5.48. The van der Waals surface area contributed by atoms with Gasteiger partial charge in [0.05, 0.1) is 0 Å². The van der Waals surface area contributed by atoms with E-state index in [0.29, 0.717) is 12.8 Å². The molecule has 0 saturated heterocycles. The molecule has 4 rings (SSSR count). The first-order valence-corrected chi connectivity index (χ1v) is 10.3. The Labute approximate surface area is 189 Å². The van der Waals surface area contributed by atoms with Crippen molar-refractivity contribution in [3.05, 3.63) is 89.5 Å². The molecule has 2 N–H and O–H groups in total. The van der Waals surface area contributed by atoms with Crippen molar-refractivity contribution in [2.24, 2.45) is 11.1 Å². The summed E-state index contributed by atoms with van der Waals surface area (Å²) in [6.45, 7) is 0.0849. The normalized spacial score (nSPS) is 13.7. The van der Waals surface area contributed by atoms with Gasteiger partial charge in [0.2, 0.25) is 0 Å². The van der Waals surface area contributed by atoms with E-state index >= 15 is 0 Å². The number of Topliss-reactive ketones (excluding diaryl/α,β-unsaturated/α-hetero) is 1. The molecule has 2 aromatic carbocycles. The number of ketones is 1. The summed E-state index contributed by atoms with van der Waals surface area (Å²) in [6, 6.07) is 16.1. The standard InChI is InChI=1S/C25H21FN2O5/c26-20-13-18(33-19-8-11-28-21(14-19)23(27)30)7-6-17(20)12-22(29)25(9-10-25)24(31)32-15-16-4-2-1-3-5-16/h1-8,11,13-14H,9-10,12,15H2,(H2,27,30). The highest BCUT2D eigenvalue weighted by Crippen LogP contribution is 2.48. The number of amides is 1. The number of carbonyl (C=O) groups is 3. The van der Waals surface area contributed by atoms with Crippen LogP contribution in [-0.2, 0) is 27.4 Å². The zero-order chi connectivity index (χ0) is 23.4. The van der Waals surface area contributed by atoms with E-state index in [-0.39, 0.29) is 41.6 Å². The molecule has 7 nitrogen and oxygen atoms in total. The molecule has 33 heavy (non-hydrogen) atoms. The number of nitrogens with two attached hydrogens (primary N) is 1. The van der Waals surface area contributed by atoms with Crippen molar-refractivity contribution in [3.63, 3.8) is 0 Å². The van der Waals surface area contributed by atoms with Crippen molar-refractivity contribution in [3.8, 4) is 11.5 Å². The van der Waals surface area contributed by atoms with Crippen LogP contribution in [0.2, 0.25) is 0 Å². The second kappa shape index (κ2) is 9.20. The van der Waals surface area contributed by atoms with Crippen LogP contribution in [0.3, 0.4) is 0 Å². The largest absolute Gasteiger partial charge is 0.460 e. The Kier molecular flexibility index (Phi) is 6.17. The van der Waals surface area contributed by atoms with Crippen molar-refractivity contribution < 1.29 is 28.2 Å². The highest BCUT2D eigenvalue weighted by atomic mass is 19.1. The summed E-state index contributed by atoms with van der Waals surface area (Å²) in [5.74, 6) is -1.85. The molecule has 0 spiro atoms. The lowest BCUT2D eigenvalue weighted by molar-refractivity contribution is -0.155. The fourth-order valence-electron chi connectivity index (χ4n) is 3.41. The van der Waals surface area contributed by atoms with Crippen molar-refractivity contribution in [1.82, 2.24) is 4.98 Å². The zero-order valence-electron chi connectivity index (χ0n) is 17.6. The van der Waals surface area contributed by atoms with Gasteiger partial charge in [-0.15, -0.1) is 0 Å². The van der Waals surface area contributed by atoms with E-state index in [1.807, 2.05) is 30.3 Å². The molecule has 0 atom stereocenters. The molecule has 3 aromatic rings. The predicted octanol–water partition coefficient (Wildman–Crippen LogP) is 3.75. The summed E-state index contributed by atoms with van der Waals surface area (Å²) in [4.78, 5) is 40.4. The number of primary amides is 1. The number of benzene rings is 2. The minimum Gasteiger partial charge on any atom is -0.460 e. The Morgan fingerprint density at radius 2 is 1.73 bits per heavy atom. The maximum absolute atomic E-state index is 14.7. The van der Waals surface area contributed by atoms with Gasteiger partial charge in [-0.25, -0.2) is 4.39 Å². The molecule has 168 valence electrons. The second-order valence-corrected chi connectivity index (χ2v) is 7.84. The molecule has 0 radical (unpaired) electrons. The number of aromatic nitrogens is 1. The van der Waals surface area contributed by atoms with Crippen molar-refractivity contribution >= 4 is 17.7 Å². The van der Waals surface area contributed by atoms with Crippen LogP contribution >= 0.6 is 0 Å². The van der Waals surface area contributed by atoms with Crippen molar-refractivity contribution in [2.45, 2.75) is 25.9 Å². The van der Waals surface area contributed by atoms with Gasteiger partial charge in [-0.05, 0) is 36.1 Å². The van der Waals surface area contributed by atoms with Gasteiger partial charge in [-0.3, -0.25) is 19.4 Å². The van der Waals surface area contributed by atoms with Gasteiger partial charge in [0.25, 0.3) is 5.91 Å². The average molecular weight is 448 g/mol. The van der Waals surface area contributed by atoms with Gasteiger partial charge in [-0.2, -0.15) is 0 Å². The number of nitrogens with zero attached hydrogens (tertiary/aromatic N) is 1. The number of carbonyl (C=O) groups excluding carboxylic acids is 3. The number of rotatable bonds is 9. The quantitative estimate of drug-likeness (QED) is 0.395. The number of halogens is 1. The third kappa shape index (κ3) is 5.06. The monoisotopic (exact) mass is 448 g/mol. The summed E-state index contributed by atoms with van der Waals surface area (Å²) in [7, 11) is 0. The highest BCUT2D eigenvalue weighted by Gasteiger charge is 2.57. The van der Waals surface area contributed by atoms with Crippen LogP contribution in [0, 0.1) is 11.2 Å². The fraction of sp³-hybridized carbons (Fsp3) is 0.200. The SMILES string of the molecule is NC(=O)c1cc(Oc2ccc(CC(=O)C3(C(=O)OCc4ccccc4)CC3)c(F)c2)ccn1. The lowest BCUT2D eigenvalue weighted by Gasteiger charge is -2.14. The maximum Gasteiger partial charge on any atom is 0.319 e. The number of pyridine rings is 1. The van der Waals surface area contributed by atoms with Crippen LogP contribution < -0.4 is 10.5 Å². The highest BCUT2D eigenvalue weighted by molar-refractivity contribution is 6.07. The summed E-state index contributed by atoms with van der Waals surface area (Å²) in [5.41, 5.74) is 5.00. The van der Waals surface area contributed by atoms with E-state index in [4.69, 9.17) is 15.2 Å². The Balaban J connectivity index is 1.39. The van der Waals surface area contributed by atoms with E-state index in [2.05, 4.69) is 4.98 Å². The summed E-state index contributed by atoms with van der Waals surface area (Å²) < 4.78 is 25.6. The molecule has 1 aliphatic carbocycles. The number of esters is 1. The van der Waals surface area contributed by atoms with Gasteiger partial charge < -0.3 is 15.2 Å². The first-order valence-electron chi connectivity index (χ1n) is 10.3. The Morgan fingerprint density at radius 3 is 2.39 bits per heavy atom. The average Bonchev–Trinajstić information content (AvgIpc) is 3.62. The maximum atomic E-state index is 14.7. The van der Waals surface area contributed by atoms with Crippen LogP contribution in [0.25, 0.3) is 0 Å².